The minimum absolute atomic E-state index is 0.564. The molecule has 1 unspecified atom stereocenters. The summed E-state index contributed by atoms with van der Waals surface area (Å²) >= 11 is 0. The van der Waals surface area contributed by atoms with Crippen LogP contribution in [0, 0.1) is 5.92 Å². The van der Waals surface area contributed by atoms with E-state index in [0.717, 1.165) is 25.3 Å². The molecule has 0 aromatic carbocycles. The molecule has 2 N–H and O–H groups in total. The Hall–Kier alpha value is -0.940. The molecule has 0 spiro atoms. The number of hydrogen-bond acceptors (Lipinski definition) is 5. The van der Waals surface area contributed by atoms with Crippen LogP contribution >= 0.6 is 0 Å². The van der Waals surface area contributed by atoms with Crippen LogP contribution in [0.5, 0.6) is 0 Å². The van der Waals surface area contributed by atoms with Crippen LogP contribution in [0.2, 0.25) is 0 Å². The predicted molar refractivity (Wildman–Crippen MR) is 65.6 cm³/mol. The molecular formula is C12H22N4O. The van der Waals surface area contributed by atoms with Crippen molar-refractivity contribution < 1.29 is 4.52 Å². The van der Waals surface area contributed by atoms with Crippen LogP contribution in [0.1, 0.15) is 31.5 Å². The minimum Gasteiger partial charge on any atom is -0.339 e. The standard InChI is InChI=1S/C12H22N4O/c1-2-16-7-3-4-10(9-16)8-11-14-12(5-6-13)17-15-11/h10H,2-9,13H2,1H3. The zero-order valence-corrected chi connectivity index (χ0v) is 10.6. The van der Waals surface area contributed by atoms with Crippen molar-refractivity contribution in [3.63, 3.8) is 0 Å². The van der Waals surface area contributed by atoms with Crippen LogP contribution in [0.3, 0.4) is 0 Å². The van der Waals surface area contributed by atoms with Gasteiger partial charge in [-0.05, 0) is 31.8 Å². The molecule has 2 heterocycles. The summed E-state index contributed by atoms with van der Waals surface area (Å²) in [7, 11) is 0. The maximum Gasteiger partial charge on any atom is 0.227 e. The van der Waals surface area contributed by atoms with Gasteiger partial charge in [-0.2, -0.15) is 4.98 Å². The van der Waals surface area contributed by atoms with E-state index in [1.165, 1.54) is 19.4 Å². The summed E-state index contributed by atoms with van der Waals surface area (Å²) in [5, 5.41) is 4.02. The fraction of sp³-hybridized carbons (Fsp3) is 0.833. The first-order chi connectivity index (χ1) is 8.31. The molecule has 0 radical (unpaired) electrons. The van der Waals surface area contributed by atoms with Gasteiger partial charge in [-0.15, -0.1) is 0 Å². The third-order valence-electron chi connectivity index (χ3n) is 3.39. The molecule has 1 atom stereocenters. The molecule has 1 saturated heterocycles. The van der Waals surface area contributed by atoms with Gasteiger partial charge in [0.15, 0.2) is 5.82 Å². The van der Waals surface area contributed by atoms with Gasteiger partial charge >= 0.3 is 0 Å². The lowest BCUT2D eigenvalue weighted by Gasteiger charge is -2.31. The van der Waals surface area contributed by atoms with E-state index < -0.39 is 0 Å². The quantitative estimate of drug-likeness (QED) is 0.823. The van der Waals surface area contributed by atoms with Gasteiger partial charge in [-0.3, -0.25) is 0 Å². The lowest BCUT2D eigenvalue weighted by Crippen LogP contribution is -2.36. The van der Waals surface area contributed by atoms with Gasteiger partial charge in [0.2, 0.25) is 5.89 Å². The van der Waals surface area contributed by atoms with Crippen molar-refractivity contribution >= 4 is 0 Å². The van der Waals surface area contributed by atoms with E-state index in [0.29, 0.717) is 24.8 Å². The molecule has 0 saturated carbocycles. The largest absolute Gasteiger partial charge is 0.339 e. The molecule has 2 rings (SSSR count). The van der Waals surface area contributed by atoms with Crippen molar-refractivity contribution in [3.8, 4) is 0 Å². The summed E-state index contributed by atoms with van der Waals surface area (Å²) in [6, 6.07) is 0. The van der Waals surface area contributed by atoms with Crippen LogP contribution in [-0.2, 0) is 12.8 Å². The van der Waals surface area contributed by atoms with Crippen molar-refractivity contribution in [1.82, 2.24) is 15.0 Å². The monoisotopic (exact) mass is 238 g/mol. The lowest BCUT2D eigenvalue weighted by atomic mass is 9.94. The third-order valence-corrected chi connectivity index (χ3v) is 3.39. The molecule has 1 aliphatic rings. The highest BCUT2D eigenvalue weighted by Crippen LogP contribution is 2.19. The Morgan fingerprint density at radius 1 is 1.53 bits per heavy atom. The van der Waals surface area contributed by atoms with E-state index in [2.05, 4.69) is 22.0 Å². The molecule has 17 heavy (non-hydrogen) atoms. The fourth-order valence-electron chi connectivity index (χ4n) is 2.46. The number of likely N-dealkylation sites (tertiary alicyclic amines) is 1. The maximum atomic E-state index is 5.46. The normalized spacial score (nSPS) is 21.9. The molecule has 1 aromatic heterocycles. The smallest absolute Gasteiger partial charge is 0.227 e. The van der Waals surface area contributed by atoms with E-state index in [4.69, 9.17) is 10.3 Å². The lowest BCUT2D eigenvalue weighted by molar-refractivity contribution is 0.180. The second-order valence-corrected chi connectivity index (χ2v) is 4.75. The molecule has 1 aliphatic heterocycles. The van der Waals surface area contributed by atoms with Gasteiger partial charge < -0.3 is 15.2 Å². The molecule has 96 valence electrons. The van der Waals surface area contributed by atoms with Gasteiger partial charge in [0.05, 0.1) is 0 Å². The Balaban J connectivity index is 1.86. The molecule has 5 heteroatoms. The molecule has 1 aromatic rings. The van der Waals surface area contributed by atoms with Gasteiger partial charge in [0.1, 0.15) is 0 Å². The van der Waals surface area contributed by atoms with Crippen LogP contribution in [0.15, 0.2) is 4.52 Å². The van der Waals surface area contributed by atoms with Gasteiger partial charge in [-0.25, -0.2) is 0 Å². The summed E-state index contributed by atoms with van der Waals surface area (Å²) in [4.78, 5) is 6.86. The number of piperidine rings is 1. The minimum atomic E-state index is 0.564. The van der Waals surface area contributed by atoms with E-state index >= 15 is 0 Å². The molecule has 5 nitrogen and oxygen atoms in total. The fourth-order valence-corrected chi connectivity index (χ4v) is 2.46. The Labute approximate surface area is 102 Å². The third kappa shape index (κ3) is 3.51. The predicted octanol–water partition coefficient (Wildman–Crippen LogP) is 0.845. The summed E-state index contributed by atoms with van der Waals surface area (Å²) in [5.41, 5.74) is 5.46. The van der Waals surface area contributed by atoms with Gasteiger partial charge in [-0.1, -0.05) is 12.1 Å². The topological polar surface area (TPSA) is 68.2 Å². The molecule has 0 aliphatic carbocycles. The van der Waals surface area contributed by atoms with Crippen LogP contribution in [0.25, 0.3) is 0 Å². The van der Waals surface area contributed by atoms with E-state index in [1.54, 1.807) is 0 Å². The zero-order valence-electron chi connectivity index (χ0n) is 10.6. The number of nitrogens with zero attached hydrogens (tertiary/aromatic N) is 3. The molecule has 0 bridgehead atoms. The molecule has 0 amide bonds. The summed E-state index contributed by atoms with van der Waals surface area (Å²) in [5.74, 6) is 2.19. The summed E-state index contributed by atoms with van der Waals surface area (Å²) in [6.07, 6.45) is 4.17. The van der Waals surface area contributed by atoms with Crippen molar-refractivity contribution in [3.05, 3.63) is 11.7 Å². The highest BCUT2D eigenvalue weighted by molar-refractivity contribution is 4.90. The Morgan fingerprint density at radius 2 is 2.41 bits per heavy atom. The van der Waals surface area contributed by atoms with E-state index in [1.807, 2.05) is 0 Å². The number of aromatic nitrogens is 2. The highest BCUT2D eigenvalue weighted by atomic mass is 16.5. The van der Waals surface area contributed by atoms with Crippen molar-refractivity contribution in [2.24, 2.45) is 11.7 Å². The number of hydrogen-bond donors (Lipinski definition) is 1. The zero-order chi connectivity index (χ0) is 12.1. The number of nitrogens with two attached hydrogens (primary N) is 1. The van der Waals surface area contributed by atoms with E-state index in [9.17, 15) is 0 Å². The van der Waals surface area contributed by atoms with Gasteiger partial charge in [0, 0.05) is 25.9 Å². The van der Waals surface area contributed by atoms with Crippen LogP contribution in [0.4, 0.5) is 0 Å². The van der Waals surface area contributed by atoms with Crippen LogP contribution < -0.4 is 5.73 Å². The molecule has 1 fully saturated rings. The average molecular weight is 238 g/mol. The van der Waals surface area contributed by atoms with Crippen molar-refractivity contribution in [2.75, 3.05) is 26.2 Å². The Bertz CT molecular complexity index is 339. The van der Waals surface area contributed by atoms with Gasteiger partial charge in [0.25, 0.3) is 0 Å². The SMILES string of the molecule is CCN1CCCC(Cc2noc(CCN)n2)C1. The average Bonchev–Trinajstić information content (AvgIpc) is 2.77. The summed E-state index contributed by atoms with van der Waals surface area (Å²) in [6.45, 7) is 6.32. The Morgan fingerprint density at radius 3 is 3.18 bits per heavy atom. The van der Waals surface area contributed by atoms with E-state index in [-0.39, 0.29) is 0 Å². The first-order valence-corrected chi connectivity index (χ1v) is 6.55. The second-order valence-electron chi connectivity index (χ2n) is 4.75. The van der Waals surface area contributed by atoms with Crippen molar-refractivity contribution in [1.29, 1.82) is 0 Å². The number of rotatable bonds is 5. The summed E-state index contributed by atoms with van der Waals surface area (Å²) < 4.78 is 5.15. The van der Waals surface area contributed by atoms with Crippen molar-refractivity contribution in [2.45, 2.75) is 32.6 Å². The van der Waals surface area contributed by atoms with Crippen LogP contribution in [-0.4, -0.2) is 41.2 Å². The highest BCUT2D eigenvalue weighted by Gasteiger charge is 2.20. The first kappa shape index (κ1) is 12.5. The maximum absolute atomic E-state index is 5.46. The second kappa shape index (κ2) is 6.12. The first-order valence-electron chi connectivity index (χ1n) is 6.55. The Kier molecular flexibility index (Phi) is 4.50. The molecular weight excluding hydrogens is 216 g/mol.